The van der Waals surface area contributed by atoms with Gasteiger partial charge in [0, 0.05) is 25.6 Å². The number of hydrogen-bond donors (Lipinski definition) is 3. The number of aryl methyl sites for hydroxylation is 1. The van der Waals surface area contributed by atoms with Gasteiger partial charge in [-0.25, -0.2) is 9.97 Å². The van der Waals surface area contributed by atoms with E-state index in [2.05, 4.69) is 25.6 Å². The van der Waals surface area contributed by atoms with Crippen LogP contribution < -0.4 is 16.2 Å². The Morgan fingerprint density at radius 1 is 1.27 bits per heavy atom. The molecule has 1 aliphatic carbocycles. The molecular weight excluding hydrogens is 332 g/mol. The molecular formula is C18H20N6O2. The van der Waals surface area contributed by atoms with Crippen molar-refractivity contribution >= 4 is 28.2 Å². The summed E-state index contributed by atoms with van der Waals surface area (Å²) in [4.78, 5) is 25.5. The van der Waals surface area contributed by atoms with Crippen molar-refractivity contribution in [2.45, 2.75) is 31.4 Å². The summed E-state index contributed by atoms with van der Waals surface area (Å²) >= 11 is 0. The molecule has 3 heterocycles. The minimum atomic E-state index is -0.434. The second-order valence-corrected chi connectivity index (χ2v) is 6.52. The van der Waals surface area contributed by atoms with Crippen molar-refractivity contribution in [3.8, 4) is 0 Å². The van der Waals surface area contributed by atoms with Crippen molar-refractivity contribution < 1.29 is 5.11 Å². The lowest BCUT2D eigenvalue weighted by Crippen LogP contribution is -2.29. The minimum absolute atomic E-state index is 0.109. The van der Waals surface area contributed by atoms with Crippen LogP contribution >= 0.6 is 0 Å². The molecule has 1 aliphatic rings. The Balaban J connectivity index is 1.80. The Morgan fingerprint density at radius 2 is 2.15 bits per heavy atom. The molecule has 3 N–H and O–H groups in total. The van der Waals surface area contributed by atoms with Gasteiger partial charge in [0.15, 0.2) is 0 Å². The van der Waals surface area contributed by atoms with Gasteiger partial charge in [0.05, 0.1) is 23.7 Å². The summed E-state index contributed by atoms with van der Waals surface area (Å²) in [6, 6.07) is 3.57. The number of rotatable bonds is 4. The van der Waals surface area contributed by atoms with Gasteiger partial charge in [0.25, 0.3) is 5.56 Å². The number of aliphatic hydroxyl groups excluding tert-OH is 1. The standard InChI is InChI=1S/C18H20N6O2/c1-24-8-5-11-9-14(22-15-10-19-6-7-20-15)23-17(16(11)18(24)26)21-12-3-2-4-13(12)25/h5-10,12-13,25H,2-4H2,1H3,(H2,20,21,22,23)/t12-,13+/m0/s1. The molecule has 0 bridgehead atoms. The molecule has 0 radical (unpaired) electrons. The lowest BCUT2D eigenvalue weighted by Gasteiger charge is -2.19. The van der Waals surface area contributed by atoms with Crippen molar-refractivity contribution in [1.82, 2.24) is 19.5 Å². The first-order chi connectivity index (χ1) is 12.6. The van der Waals surface area contributed by atoms with Crippen LogP contribution in [0.3, 0.4) is 0 Å². The maximum absolute atomic E-state index is 12.7. The molecule has 1 fully saturated rings. The molecule has 8 nitrogen and oxygen atoms in total. The summed E-state index contributed by atoms with van der Waals surface area (Å²) in [6.45, 7) is 0. The Labute approximate surface area is 149 Å². The first kappa shape index (κ1) is 16.5. The third-order valence-electron chi connectivity index (χ3n) is 4.68. The third-order valence-corrected chi connectivity index (χ3v) is 4.68. The monoisotopic (exact) mass is 352 g/mol. The van der Waals surface area contributed by atoms with E-state index in [1.54, 1.807) is 31.8 Å². The summed E-state index contributed by atoms with van der Waals surface area (Å²) in [7, 11) is 1.71. The number of fused-ring (bicyclic) bond motifs is 1. The molecule has 0 aliphatic heterocycles. The van der Waals surface area contributed by atoms with Gasteiger partial charge < -0.3 is 20.3 Å². The molecule has 1 saturated carbocycles. The Bertz CT molecular complexity index is 988. The largest absolute Gasteiger partial charge is 0.391 e. The molecule has 3 aromatic rings. The zero-order valence-corrected chi connectivity index (χ0v) is 14.4. The van der Waals surface area contributed by atoms with Crippen molar-refractivity contribution in [2.24, 2.45) is 7.05 Å². The first-order valence-electron chi connectivity index (χ1n) is 8.60. The van der Waals surface area contributed by atoms with Gasteiger partial charge >= 0.3 is 0 Å². The second kappa shape index (κ2) is 6.72. The summed E-state index contributed by atoms with van der Waals surface area (Å²) in [6.07, 6.45) is 8.63. The molecule has 0 saturated heterocycles. The number of pyridine rings is 2. The number of aromatic nitrogens is 4. The number of nitrogens with one attached hydrogen (secondary N) is 2. The van der Waals surface area contributed by atoms with Crippen LogP contribution in [-0.4, -0.2) is 36.8 Å². The predicted octanol–water partition coefficient (Wildman–Crippen LogP) is 1.79. The smallest absolute Gasteiger partial charge is 0.261 e. The lowest BCUT2D eigenvalue weighted by molar-refractivity contribution is 0.171. The molecule has 3 aromatic heterocycles. The number of hydrogen-bond acceptors (Lipinski definition) is 7. The Kier molecular flexibility index (Phi) is 4.26. The fourth-order valence-corrected chi connectivity index (χ4v) is 3.30. The average molecular weight is 352 g/mol. The summed E-state index contributed by atoms with van der Waals surface area (Å²) in [5.74, 6) is 1.59. The normalized spacial score (nSPS) is 19.6. The van der Waals surface area contributed by atoms with Crippen LogP contribution in [-0.2, 0) is 7.05 Å². The molecule has 4 rings (SSSR count). The number of anilines is 3. The third kappa shape index (κ3) is 3.11. The first-order valence-corrected chi connectivity index (χ1v) is 8.60. The molecule has 26 heavy (non-hydrogen) atoms. The predicted molar refractivity (Wildman–Crippen MR) is 99.6 cm³/mol. The van der Waals surface area contributed by atoms with Crippen molar-refractivity contribution in [3.05, 3.63) is 47.3 Å². The molecule has 0 aromatic carbocycles. The van der Waals surface area contributed by atoms with Gasteiger partial charge in [-0.05, 0) is 36.8 Å². The van der Waals surface area contributed by atoms with Gasteiger partial charge in [-0.15, -0.1) is 0 Å². The van der Waals surface area contributed by atoms with Crippen LogP contribution in [0, 0.1) is 0 Å². The van der Waals surface area contributed by atoms with Gasteiger partial charge in [0.2, 0.25) is 0 Å². The lowest BCUT2D eigenvalue weighted by atomic mass is 10.1. The van der Waals surface area contributed by atoms with E-state index in [0.717, 1.165) is 24.6 Å². The highest BCUT2D eigenvalue weighted by atomic mass is 16.3. The van der Waals surface area contributed by atoms with E-state index in [-0.39, 0.29) is 11.6 Å². The quantitative estimate of drug-likeness (QED) is 0.657. The second-order valence-electron chi connectivity index (χ2n) is 6.52. The maximum Gasteiger partial charge on any atom is 0.261 e. The van der Waals surface area contributed by atoms with Crippen LogP contribution in [0.15, 0.2) is 41.7 Å². The Hall–Kier alpha value is -3.00. The zero-order valence-electron chi connectivity index (χ0n) is 14.4. The van der Waals surface area contributed by atoms with Gasteiger partial charge in [-0.1, -0.05) is 0 Å². The van der Waals surface area contributed by atoms with Crippen LogP contribution in [0.4, 0.5) is 17.5 Å². The SMILES string of the molecule is Cn1ccc2cc(Nc3cnccn3)nc(N[C@H]3CCC[C@H]3O)c2c1=O. The van der Waals surface area contributed by atoms with Crippen molar-refractivity contribution in [1.29, 1.82) is 0 Å². The fourth-order valence-electron chi connectivity index (χ4n) is 3.30. The van der Waals surface area contributed by atoms with Crippen molar-refractivity contribution in [3.63, 3.8) is 0 Å². The highest BCUT2D eigenvalue weighted by molar-refractivity contribution is 5.93. The fraction of sp³-hybridized carbons (Fsp3) is 0.333. The molecule has 134 valence electrons. The van der Waals surface area contributed by atoms with Crippen LogP contribution in [0.25, 0.3) is 10.8 Å². The molecule has 2 atom stereocenters. The summed E-state index contributed by atoms with van der Waals surface area (Å²) in [5.41, 5.74) is -0.129. The van der Waals surface area contributed by atoms with E-state index in [9.17, 15) is 9.90 Å². The van der Waals surface area contributed by atoms with Gasteiger partial charge in [0.1, 0.15) is 17.5 Å². The van der Waals surface area contributed by atoms with Crippen LogP contribution in [0.5, 0.6) is 0 Å². The molecule has 8 heteroatoms. The van der Waals surface area contributed by atoms with Gasteiger partial charge in [-0.2, -0.15) is 0 Å². The topological polar surface area (TPSA) is 105 Å². The van der Waals surface area contributed by atoms with Crippen molar-refractivity contribution in [2.75, 3.05) is 10.6 Å². The maximum atomic E-state index is 12.7. The van der Waals surface area contributed by atoms with E-state index < -0.39 is 6.10 Å². The highest BCUT2D eigenvalue weighted by Gasteiger charge is 2.26. The molecule has 0 spiro atoms. The van der Waals surface area contributed by atoms with Gasteiger partial charge in [-0.3, -0.25) is 9.78 Å². The van der Waals surface area contributed by atoms with E-state index in [4.69, 9.17) is 0 Å². The van der Waals surface area contributed by atoms with Crippen LogP contribution in [0.1, 0.15) is 19.3 Å². The number of nitrogens with zero attached hydrogens (tertiary/aromatic N) is 4. The molecule has 0 unspecified atom stereocenters. The van der Waals surface area contributed by atoms with E-state index in [1.165, 1.54) is 4.57 Å². The Morgan fingerprint density at radius 3 is 2.88 bits per heavy atom. The summed E-state index contributed by atoms with van der Waals surface area (Å²) in [5, 5.41) is 17.8. The minimum Gasteiger partial charge on any atom is -0.391 e. The zero-order chi connectivity index (χ0) is 18.1. The van der Waals surface area contributed by atoms with E-state index >= 15 is 0 Å². The van der Waals surface area contributed by atoms with E-state index in [0.29, 0.717) is 22.8 Å². The van der Waals surface area contributed by atoms with E-state index in [1.807, 2.05) is 12.1 Å². The number of aliphatic hydroxyl groups is 1. The summed E-state index contributed by atoms with van der Waals surface area (Å²) < 4.78 is 1.52. The highest BCUT2D eigenvalue weighted by Crippen LogP contribution is 2.27. The molecule has 0 amide bonds. The van der Waals surface area contributed by atoms with Crippen LogP contribution in [0.2, 0.25) is 0 Å². The average Bonchev–Trinajstić information content (AvgIpc) is 3.04.